The molecule has 6 rings (SSSR count). The number of fused-ring (bicyclic) bond motifs is 1. The first kappa shape index (κ1) is 26.1. The number of aliphatic carboxylic acids is 1. The zero-order chi connectivity index (χ0) is 27.1. The minimum absolute atomic E-state index is 0.0554. The van der Waals surface area contributed by atoms with Crippen molar-refractivity contribution in [3.63, 3.8) is 0 Å². The molecular weight excluding hydrogens is 524 g/mol. The molecule has 2 aliphatic carbocycles. The predicted molar refractivity (Wildman–Crippen MR) is 161 cm³/mol. The van der Waals surface area contributed by atoms with Gasteiger partial charge in [0.05, 0.1) is 13.5 Å². The van der Waals surface area contributed by atoms with Crippen molar-refractivity contribution < 1.29 is 19.4 Å². The number of benzene rings is 2. The molecule has 2 heterocycles. The van der Waals surface area contributed by atoms with Crippen molar-refractivity contribution in [3.05, 3.63) is 76.0 Å². The molecule has 4 aromatic rings. The topological polar surface area (TPSA) is 55.8 Å². The lowest BCUT2D eigenvalue weighted by Crippen LogP contribution is -2.11. The van der Waals surface area contributed by atoms with Crippen LogP contribution in [0.5, 0.6) is 11.5 Å². The van der Waals surface area contributed by atoms with Crippen LogP contribution in [0.2, 0.25) is 0 Å². The molecule has 1 saturated carbocycles. The monoisotopic (exact) mass is 558 g/mol. The van der Waals surface area contributed by atoms with E-state index in [1.807, 2.05) is 18.2 Å². The summed E-state index contributed by atoms with van der Waals surface area (Å²) < 4.78 is 13.3. The van der Waals surface area contributed by atoms with Gasteiger partial charge in [-0.2, -0.15) is 0 Å². The van der Waals surface area contributed by atoms with Gasteiger partial charge >= 0.3 is 5.97 Å². The maximum absolute atomic E-state index is 11.5. The lowest BCUT2D eigenvalue weighted by molar-refractivity contribution is -0.137. The second-order valence-electron chi connectivity index (χ2n) is 11.4. The summed E-state index contributed by atoms with van der Waals surface area (Å²) in [6.07, 6.45) is 7.02. The van der Waals surface area contributed by atoms with Gasteiger partial charge in [0.1, 0.15) is 18.1 Å². The van der Waals surface area contributed by atoms with Crippen LogP contribution in [0.1, 0.15) is 68.6 Å². The fraction of sp³-hybridized carbons (Fsp3) is 0.364. The van der Waals surface area contributed by atoms with E-state index in [2.05, 4.69) is 54.9 Å². The number of ether oxygens (including phenoxy) is 2. The van der Waals surface area contributed by atoms with Gasteiger partial charge in [-0.15, -0.1) is 22.7 Å². The average Bonchev–Trinajstić information content (AvgIpc) is 3.33. The Morgan fingerprint density at radius 3 is 2.69 bits per heavy atom. The maximum Gasteiger partial charge on any atom is 0.303 e. The highest BCUT2D eigenvalue weighted by Crippen LogP contribution is 2.51. The summed E-state index contributed by atoms with van der Waals surface area (Å²) in [6, 6.07) is 14.6. The van der Waals surface area contributed by atoms with Crippen molar-refractivity contribution in [2.75, 3.05) is 7.11 Å². The van der Waals surface area contributed by atoms with Crippen LogP contribution in [0.3, 0.4) is 0 Å². The second kappa shape index (κ2) is 10.5. The number of methoxy groups -OCH3 is 1. The molecule has 6 heteroatoms. The average molecular weight is 559 g/mol. The summed E-state index contributed by atoms with van der Waals surface area (Å²) in [5.41, 5.74) is 6.25. The molecule has 0 amide bonds. The maximum atomic E-state index is 11.5. The predicted octanol–water partition coefficient (Wildman–Crippen LogP) is 9.39. The first-order valence-corrected chi connectivity index (χ1v) is 15.4. The summed E-state index contributed by atoms with van der Waals surface area (Å²) in [5.74, 6) is 1.46. The highest BCUT2D eigenvalue weighted by atomic mass is 32.1. The Labute approximate surface area is 237 Å². The first-order valence-electron chi connectivity index (χ1n) is 13.7. The minimum Gasteiger partial charge on any atom is -0.497 e. The van der Waals surface area contributed by atoms with Crippen LogP contribution in [-0.4, -0.2) is 18.2 Å². The van der Waals surface area contributed by atoms with Gasteiger partial charge in [-0.3, -0.25) is 4.79 Å². The number of thiophene rings is 2. The number of hydrogen-bond donors (Lipinski definition) is 1. The molecule has 1 atom stereocenters. The zero-order valence-electron chi connectivity index (χ0n) is 22.7. The number of allylic oxidation sites excluding steroid dienone is 2. The summed E-state index contributed by atoms with van der Waals surface area (Å²) >= 11 is 3.52. The molecule has 0 saturated heterocycles. The van der Waals surface area contributed by atoms with Crippen LogP contribution in [0, 0.1) is 11.3 Å². The molecule has 2 aliphatic rings. The lowest BCUT2D eigenvalue weighted by atomic mass is 9.80. The molecule has 1 N–H and O–H groups in total. The largest absolute Gasteiger partial charge is 0.497 e. The Morgan fingerprint density at radius 2 is 1.97 bits per heavy atom. The molecule has 1 fully saturated rings. The molecule has 4 nitrogen and oxygen atoms in total. The first-order chi connectivity index (χ1) is 18.8. The van der Waals surface area contributed by atoms with Crippen molar-refractivity contribution in [2.45, 2.75) is 58.5 Å². The van der Waals surface area contributed by atoms with Crippen molar-refractivity contribution in [2.24, 2.45) is 11.3 Å². The molecular formula is C33H34O4S2. The molecule has 0 spiro atoms. The van der Waals surface area contributed by atoms with Crippen LogP contribution in [-0.2, 0) is 11.4 Å². The molecule has 2 aromatic carbocycles. The van der Waals surface area contributed by atoms with Gasteiger partial charge in [0.25, 0.3) is 0 Å². The number of carboxylic acids is 1. The van der Waals surface area contributed by atoms with E-state index >= 15 is 0 Å². The standard InChI is InChI=1S/C33H34O4S2/c1-33(2)12-5-8-28(33)31-22(19-39-32(31)27-15-24(36-3)16-29-25(27)11-13-38-29)18-37-23-7-4-6-21(14-23)26(17-30(34)35)20-9-10-20/h4,6-8,11,13-16,19-20,26H,5,9-10,12,17-18H2,1-3H3,(H,34,35). The highest BCUT2D eigenvalue weighted by molar-refractivity contribution is 7.17. The van der Waals surface area contributed by atoms with Crippen molar-refractivity contribution >= 4 is 44.3 Å². The molecule has 39 heavy (non-hydrogen) atoms. The van der Waals surface area contributed by atoms with Gasteiger partial charge in [-0.25, -0.2) is 0 Å². The van der Waals surface area contributed by atoms with E-state index in [9.17, 15) is 9.90 Å². The van der Waals surface area contributed by atoms with Crippen LogP contribution < -0.4 is 9.47 Å². The summed E-state index contributed by atoms with van der Waals surface area (Å²) in [7, 11) is 1.73. The van der Waals surface area contributed by atoms with Crippen molar-refractivity contribution in [3.8, 4) is 21.9 Å². The normalized spacial score (nSPS) is 17.3. The Morgan fingerprint density at radius 1 is 1.13 bits per heavy atom. The number of rotatable bonds is 10. The Balaban J connectivity index is 1.36. The van der Waals surface area contributed by atoms with Gasteiger partial charge in [0.2, 0.25) is 0 Å². The molecule has 0 bridgehead atoms. The highest BCUT2D eigenvalue weighted by Gasteiger charge is 2.34. The summed E-state index contributed by atoms with van der Waals surface area (Å²) in [5, 5.41) is 15.1. The van der Waals surface area contributed by atoms with Gasteiger partial charge < -0.3 is 14.6 Å². The van der Waals surface area contributed by atoms with Crippen LogP contribution in [0.25, 0.3) is 26.1 Å². The summed E-state index contributed by atoms with van der Waals surface area (Å²) in [4.78, 5) is 12.8. The fourth-order valence-electron chi connectivity index (χ4n) is 6.01. The molecule has 0 aliphatic heterocycles. The van der Waals surface area contributed by atoms with Gasteiger partial charge in [0, 0.05) is 31.7 Å². The minimum atomic E-state index is -0.738. The van der Waals surface area contributed by atoms with E-state index < -0.39 is 5.97 Å². The third-order valence-corrected chi connectivity index (χ3v) is 10.2. The Kier molecular flexibility index (Phi) is 7.02. The van der Waals surface area contributed by atoms with E-state index in [0.717, 1.165) is 42.7 Å². The van der Waals surface area contributed by atoms with E-state index in [0.29, 0.717) is 12.5 Å². The summed E-state index contributed by atoms with van der Waals surface area (Å²) in [6.45, 7) is 5.15. The molecule has 1 unspecified atom stereocenters. The van der Waals surface area contributed by atoms with Gasteiger partial charge in [0.15, 0.2) is 0 Å². The fourth-order valence-corrected chi connectivity index (χ4v) is 7.95. The third-order valence-electron chi connectivity index (χ3n) is 8.28. The number of carbonyl (C=O) groups is 1. The molecule has 2 aromatic heterocycles. The molecule has 0 radical (unpaired) electrons. The van der Waals surface area contributed by atoms with Crippen molar-refractivity contribution in [1.82, 2.24) is 0 Å². The van der Waals surface area contributed by atoms with E-state index in [4.69, 9.17) is 9.47 Å². The quantitative estimate of drug-likeness (QED) is 0.211. The van der Waals surface area contributed by atoms with Crippen LogP contribution in [0.4, 0.5) is 0 Å². The van der Waals surface area contributed by atoms with Gasteiger partial charge in [-0.1, -0.05) is 32.1 Å². The smallest absolute Gasteiger partial charge is 0.303 e. The lowest BCUT2D eigenvalue weighted by Gasteiger charge is -2.25. The van der Waals surface area contributed by atoms with Crippen molar-refractivity contribution in [1.29, 1.82) is 0 Å². The van der Waals surface area contributed by atoms with E-state index in [1.165, 1.54) is 37.2 Å². The van der Waals surface area contributed by atoms with E-state index in [-0.39, 0.29) is 17.8 Å². The Hall–Kier alpha value is -3.09. The number of hydrogen-bond acceptors (Lipinski definition) is 5. The number of carboxylic acid groups (broad SMARTS) is 1. The van der Waals surface area contributed by atoms with Gasteiger partial charge in [-0.05, 0) is 95.2 Å². The third kappa shape index (κ3) is 5.24. The SMILES string of the molecule is COc1cc(-c2scc(COc3cccc(C(CC(=O)O)C4CC4)c3)c2C2=CCCC2(C)C)c2ccsc2c1. The van der Waals surface area contributed by atoms with E-state index in [1.54, 1.807) is 29.8 Å². The van der Waals surface area contributed by atoms with Crippen LogP contribution >= 0.6 is 22.7 Å². The molecule has 202 valence electrons. The zero-order valence-corrected chi connectivity index (χ0v) is 24.3. The van der Waals surface area contributed by atoms with Crippen LogP contribution in [0.15, 0.2) is 59.3 Å². The second-order valence-corrected chi connectivity index (χ2v) is 13.2. The Bertz CT molecular complexity index is 1550.